The van der Waals surface area contributed by atoms with Crippen LogP contribution in [-0.2, 0) is 19.4 Å². The lowest BCUT2D eigenvalue weighted by molar-refractivity contribution is 0.0931. The molecule has 1 N–H and O–H groups in total. The lowest BCUT2D eigenvalue weighted by Crippen LogP contribution is -2.41. The fourth-order valence-corrected chi connectivity index (χ4v) is 2.70. The highest BCUT2D eigenvalue weighted by Gasteiger charge is 2.24. The Bertz CT molecular complexity index is 565. The number of aromatic nitrogens is 5. The second-order valence-electron chi connectivity index (χ2n) is 4.49. The first-order valence-electron chi connectivity index (χ1n) is 6.27. The third-order valence-corrected chi connectivity index (χ3v) is 3.92. The second-order valence-corrected chi connectivity index (χ2v) is 5.27. The summed E-state index contributed by atoms with van der Waals surface area (Å²) in [6.07, 6.45) is 4.08. The van der Waals surface area contributed by atoms with Crippen LogP contribution >= 0.6 is 11.5 Å². The number of aryl methyl sites for hydroxylation is 2. The molecule has 2 aromatic rings. The van der Waals surface area contributed by atoms with E-state index in [2.05, 4.69) is 36.6 Å². The molecule has 19 heavy (non-hydrogen) atoms. The second kappa shape index (κ2) is 5.04. The molecule has 0 bridgehead atoms. The number of hydrogen-bond donors (Lipinski definition) is 1. The molecule has 1 amide bonds. The molecule has 0 radical (unpaired) electrons. The Morgan fingerprint density at radius 2 is 2.47 bits per heavy atom. The van der Waals surface area contributed by atoms with Crippen LogP contribution in [0, 0.1) is 0 Å². The number of amides is 1. The van der Waals surface area contributed by atoms with Gasteiger partial charge in [0, 0.05) is 25.4 Å². The zero-order valence-corrected chi connectivity index (χ0v) is 11.4. The molecule has 3 rings (SSSR count). The predicted molar refractivity (Wildman–Crippen MR) is 68.9 cm³/mol. The molecule has 0 aromatic carbocycles. The Morgan fingerprint density at radius 3 is 3.21 bits per heavy atom. The van der Waals surface area contributed by atoms with Crippen LogP contribution in [0.15, 0.2) is 6.20 Å². The number of nitrogens with zero attached hydrogens (tertiary/aromatic N) is 5. The van der Waals surface area contributed by atoms with Gasteiger partial charge in [-0.3, -0.25) is 4.79 Å². The minimum absolute atomic E-state index is 0.102. The molecule has 8 heteroatoms. The summed E-state index contributed by atoms with van der Waals surface area (Å²) in [5.74, 6) is 1.89. The van der Waals surface area contributed by atoms with E-state index in [4.69, 9.17) is 0 Å². The van der Waals surface area contributed by atoms with E-state index in [1.165, 1.54) is 6.20 Å². The van der Waals surface area contributed by atoms with Gasteiger partial charge < -0.3 is 9.88 Å². The maximum atomic E-state index is 12.0. The van der Waals surface area contributed by atoms with E-state index in [1.54, 1.807) is 0 Å². The van der Waals surface area contributed by atoms with Gasteiger partial charge in [-0.05, 0) is 18.0 Å². The van der Waals surface area contributed by atoms with Crippen molar-refractivity contribution in [3.8, 4) is 0 Å². The van der Waals surface area contributed by atoms with Gasteiger partial charge in [0.15, 0.2) is 0 Å². The fourth-order valence-electron chi connectivity index (χ4n) is 2.29. The average Bonchev–Trinajstić information content (AvgIpc) is 3.07. The van der Waals surface area contributed by atoms with E-state index in [1.807, 2.05) is 0 Å². The van der Waals surface area contributed by atoms with E-state index < -0.39 is 0 Å². The summed E-state index contributed by atoms with van der Waals surface area (Å²) < 4.78 is 5.81. The molecule has 0 aliphatic carbocycles. The summed E-state index contributed by atoms with van der Waals surface area (Å²) >= 11 is 1.11. The zero-order valence-electron chi connectivity index (χ0n) is 10.5. The van der Waals surface area contributed by atoms with Crippen molar-refractivity contribution in [2.75, 3.05) is 0 Å². The van der Waals surface area contributed by atoms with Gasteiger partial charge in [-0.2, -0.15) is 0 Å². The Morgan fingerprint density at radius 1 is 1.58 bits per heavy atom. The minimum Gasteiger partial charge on any atom is -0.347 e. The highest BCUT2D eigenvalue weighted by Crippen LogP contribution is 2.16. The largest absolute Gasteiger partial charge is 0.347 e. The van der Waals surface area contributed by atoms with E-state index in [0.717, 1.165) is 49.0 Å². The molecule has 0 saturated heterocycles. The van der Waals surface area contributed by atoms with Gasteiger partial charge in [-0.25, -0.2) is 0 Å². The topological polar surface area (TPSA) is 85.6 Å². The van der Waals surface area contributed by atoms with Gasteiger partial charge in [0.1, 0.15) is 16.5 Å². The van der Waals surface area contributed by atoms with Crippen molar-refractivity contribution in [3.05, 3.63) is 22.7 Å². The molecular weight excluding hydrogens is 264 g/mol. The molecule has 1 unspecified atom stereocenters. The molecule has 2 aromatic heterocycles. The van der Waals surface area contributed by atoms with Crippen molar-refractivity contribution in [3.63, 3.8) is 0 Å². The summed E-state index contributed by atoms with van der Waals surface area (Å²) in [6, 6.07) is 0.114. The van der Waals surface area contributed by atoms with Crippen molar-refractivity contribution >= 4 is 17.4 Å². The minimum atomic E-state index is -0.102. The van der Waals surface area contributed by atoms with E-state index >= 15 is 0 Å². The third kappa shape index (κ3) is 2.35. The molecule has 3 heterocycles. The summed E-state index contributed by atoms with van der Waals surface area (Å²) in [5, 5.41) is 15.0. The Kier molecular flexibility index (Phi) is 3.24. The number of fused-ring (bicyclic) bond motifs is 1. The van der Waals surface area contributed by atoms with Crippen LogP contribution in [-0.4, -0.2) is 36.3 Å². The van der Waals surface area contributed by atoms with Gasteiger partial charge in [-0.15, -0.1) is 15.3 Å². The quantitative estimate of drug-likeness (QED) is 0.880. The van der Waals surface area contributed by atoms with Crippen LogP contribution in [0.2, 0.25) is 0 Å². The highest BCUT2D eigenvalue weighted by molar-refractivity contribution is 7.07. The van der Waals surface area contributed by atoms with Crippen LogP contribution in [0.4, 0.5) is 0 Å². The molecule has 100 valence electrons. The number of rotatable bonds is 3. The first kappa shape index (κ1) is 12.2. The maximum Gasteiger partial charge on any atom is 0.264 e. The van der Waals surface area contributed by atoms with Gasteiger partial charge in [-0.1, -0.05) is 11.4 Å². The lowest BCUT2D eigenvalue weighted by Gasteiger charge is -2.24. The van der Waals surface area contributed by atoms with Crippen molar-refractivity contribution in [2.45, 2.75) is 38.8 Å². The number of nitrogens with one attached hydrogen (secondary N) is 1. The smallest absolute Gasteiger partial charge is 0.264 e. The Balaban J connectivity index is 1.70. The molecule has 1 aliphatic heterocycles. The molecule has 1 atom stereocenters. The highest BCUT2D eigenvalue weighted by atomic mass is 32.1. The van der Waals surface area contributed by atoms with E-state index in [-0.39, 0.29) is 11.9 Å². The summed E-state index contributed by atoms with van der Waals surface area (Å²) in [6.45, 7) is 2.80. The molecule has 0 spiro atoms. The molecule has 1 aliphatic rings. The van der Waals surface area contributed by atoms with Gasteiger partial charge >= 0.3 is 0 Å². The number of carbonyl (C=O) groups is 1. The van der Waals surface area contributed by atoms with Crippen molar-refractivity contribution < 1.29 is 4.79 Å². The van der Waals surface area contributed by atoms with Gasteiger partial charge in [0.05, 0.1) is 6.20 Å². The lowest BCUT2D eigenvalue weighted by atomic mass is 10.1. The predicted octanol–water partition coefficient (Wildman–Crippen LogP) is 0.437. The summed E-state index contributed by atoms with van der Waals surface area (Å²) in [5.41, 5.74) is 0. The van der Waals surface area contributed by atoms with Gasteiger partial charge in [0.25, 0.3) is 5.91 Å². The van der Waals surface area contributed by atoms with Gasteiger partial charge in [0.2, 0.25) is 0 Å². The first-order valence-corrected chi connectivity index (χ1v) is 7.04. The van der Waals surface area contributed by atoms with Crippen molar-refractivity contribution in [1.29, 1.82) is 0 Å². The van der Waals surface area contributed by atoms with Crippen LogP contribution in [0.5, 0.6) is 0 Å². The SMILES string of the molecule is CCc1nnc2n1CC(NC(=O)c1cnns1)CC2. The zero-order chi connectivity index (χ0) is 13.2. The Labute approximate surface area is 114 Å². The molecular formula is C11H14N6OS. The third-order valence-electron chi connectivity index (χ3n) is 3.26. The average molecular weight is 278 g/mol. The van der Waals surface area contributed by atoms with Crippen LogP contribution in [0.3, 0.4) is 0 Å². The molecule has 0 saturated carbocycles. The van der Waals surface area contributed by atoms with Crippen molar-refractivity contribution in [1.82, 2.24) is 29.7 Å². The number of carbonyl (C=O) groups excluding carboxylic acids is 1. The van der Waals surface area contributed by atoms with E-state index in [0.29, 0.717) is 4.88 Å². The maximum absolute atomic E-state index is 12.0. The first-order chi connectivity index (χ1) is 9.28. The van der Waals surface area contributed by atoms with Crippen LogP contribution in [0.1, 0.15) is 34.7 Å². The normalized spacial score (nSPS) is 18.1. The summed E-state index contributed by atoms with van der Waals surface area (Å²) in [7, 11) is 0. The van der Waals surface area contributed by atoms with Crippen LogP contribution < -0.4 is 5.32 Å². The Hall–Kier alpha value is -1.83. The standard InChI is InChI=1S/C11H14N6OS/c1-2-9-14-15-10-4-3-7(6-17(9)10)13-11(18)8-5-12-16-19-8/h5,7H,2-4,6H2,1H3,(H,13,18). The van der Waals surface area contributed by atoms with E-state index in [9.17, 15) is 4.79 Å². The number of hydrogen-bond acceptors (Lipinski definition) is 6. The molecule has 0 fully saturated rings. The van der Waals surface area contributed by atoms with Crippen LogP contribution in [0.25, 0.3) is 0 Å². The monoisotopic (exact) mass is 278 g/mol. The fraction of sp³-hybridized carbons (Fsp3) is 0.545. The summed E-state index contributed by atoms with van der Waals surface area (Å²) in [4.78, 5) is 12.5. The molecule has 7 nitrogen and oxygen atoms in total. The van der Waals surface area contributed by atoms with Crippen molar-refractivity contribution in [2.24, 2.45) is 0 Å².